The number of aliphatic imine (C=N–C) groups is 1. The average Bonchev–Trinajstić information content (AvgIpc) is 2.92. The van der Waals surface area contributed by atoms with Gasteiger partial charge in [-0.05, 0) is 66.5 Å². The molecule has 174 valence electrons. The second-order valence-electron chi connectivity index (χ2n) is 8.64. The zero-order valence-electron chi connectivity index (χ0n) is 18.4. The van der Waals surface area contributed by atoms with Crippen molar-refractivity contribution in [3.63, 3.8) is 0 Å². The largest absolute Gasteiger partial charge is 0.495 e. The highest BCUT2D eigenvalue weighted by Gasteiger charge is 2.35. The molecule has 7 nitrogen and oxygen atoms in total. The molecule has 0 saturated heterocycles. The predicted octanol–water partition coefficient (Wildman–Crippen LogP) is 3.07. The van der Waals surface area contributed by atoms with E-state index < -0.39 is 16.7 Å². The van der Waals surface area contributed by atoms with Gasteiger partial charge in [-0.2, -0.15) is 0 Å². The van der Waals surface area contributed by atoms with Gasteiger partial charge < -0.3 is 14.8 Å². The Kier molecular flexibility index (Phi) is 6.80. The van der Waals surface area contributed by atoms with Crippen LogP contribution in [0.2, 0.25) is 0 Å². The van der Waals surface area contributed by atoms with Crippen LogP contribution in [0.5, 0.6) is 5.75 Å². The molecule has 4 rings (SSSR count). The van der Waals surface area contributed by atoms with Gasteiger partial charge in [0, 0.05) is 25.2 Å². The molecule has 3 aliphatic rings. The third-order valence-corrected chi connectivity index (χ3v) is 7.35. The molecule has 9 heteroatoms. The number of nitrogens with two attached hydrogens (primary N) is 1. The maximum Gasteiger partial charge on any atom is 0.241 e. The van der Waals surface area contributed by atoms with Crippen LogP contribution in [0.3, 0.4) is 0 Å². The summed E-state index contributed by atoms with van der Waals surface area (Å²) in [6.07, 6.45) is 7.13. The number of ether oxygens (including phenoxy) is 2. The lowest BCUT2D eigenvalue weighted by Crippen LogP contribution is -2.31. The number of nitrogens with one attached hydrogen (secondary N) is 1. The molecule has 2 heterocycles. The van der Waals surface area contributed by atoms with Gasteiger partial charge in [-0.15, -0.1) is 0 Å². The van der Waals surface area contributed by atoms with Gasteiger partial charge in [0.25, 0.3) is 0 Å². The first-order chi connectivity index (χ1) is 15.3. The Bertz CT molecular complexity index is 1070. The fraction of sp³-hybridized carbons (Fsp3) is 0.522. The number of methoxy groups -OCH3 is 1. The highest BCUT2D eigenvalue weighted by molar-refractivity contribution is 7.89. The molecule has 1 saturated carbocycles. The monoisotopic (exact) mass is 463 g/mol. The van der Waals surface area contributed by atoms with Crippen molar-refractivity contribution < 1.29 is 22.3 Å². The van der Waals surface area contributed by atoms with Gasteiger partial charge in [-0.3, -0.25) is 4.99 Å². The first kappa shape index (κ1) is 23.1. The fourth-order valence-corrected chi connectivity index (χ4v) is 5.22. The molecule has 32 heavy (non-hydrogen) atoms. The van der Waals surface area contributed by atoms with Crippen LogP contribution in [0.15, 0.2) is 39.9 Å². The van der Waals surface area contributed by atoms with Crippen molar-refractivity contribution in [3.8, 4) is 5.75 Å². The summed E-state index contributed by atoms with van der Waals surface area (Å²) in [7, 11) is -2.54. The van der Waals surface area contributed by atoms with Gasteiger partial charge in [0.1, 0.15) is 17.3 Å². The van der Waals surface area contributed by atoms with Gasteiger partial charge in [-0.1, -0.05) is 6.08 Å². The molecule has 1 aromatic rings. The van der Waals surface area contributed by atoms with E-state index in [2.05, 4.69) is 23.3 Å². The lowest BCUT2D eigenvalue weighted by atomic mass is 9.74. The molecule has 0 radical (unpaired) electrons. The predicted molar refractivity (Wildman–Crippen MR) is 122 cm³/mol. The Morgan fingerprint density at radius 3 is 2.75 bits per heavy atom. The van der Waals surface area contributed by atoms with Crippen molar-refractivity contribution >= 4 is 21.3 Å². The quantitative estimate of drug-likeness (QED) is 0.647. The second kappa shape index (κ2) is 9.43. The van der Waals surface area contributed by atoms with E-state index in [9.17, 15) is 12.8 Å². The van der Waals surface area contributed by atoms with E-state index >= 15 is 0 Å². The van der Waals surface area contributed by atoms with Gasteiger partial charge in [-0.25, -0.2) is 17.9 Å². The van der Waals surface area contributed by atoms with Crippen molar-refractivity contribution in [2.45, 2.75) is 55.6 Å². The molecule has 0 bridgehead atoms. The average molecular weight is 464 g/mol. The minimum absolute atomic E-state index is 0.00889. The van der Waals surface area contributed by atoms with E-state index in [0.717, 1.165) is 47.2 Å². The second-order valence-corrected chi connectivity index (χ2v) is 10.2. The summed E-state index contributed by atoms with van der Waals surface area (Å²) >= 11 is 0. The Morgan fingerprint density at radius 1 is 1.28 bits per heavy atom. The molecular formula is C23H30FN3O4S. The van der Waals surface area contributed by atoms with Crippen molar-refractivity contribution in [3.05, 3.63) is 41.1 Å². The van der Waals surface area contributed by atoms with Gasteiger partial charge >= 0.3 is 0 Å². The molecule has 1 atom stereocenters. The fourth-order valence-electron chi connectivity index (χ4n) is 4.52. The molecular weight excluding hydrogens is 433 g/mol. The van der Waals surface area contributed by atoms with E-state index in [4.69, 9.17) is 14.6 Å². The Labute approximate surface area is 188 Å². The van der Waals surface area contributed by atoms with E-state index in [1.807, 2.05) is 6.20 Å². The summed E-state index contributed by atoms with van der Waals surface area (Å²) in [5.41, 5.74) is 4.93. The summed E-state index contributed by atoms with van der Waals surface area (Å²) in [6, 6.07) is 3.76. The maximum absolute atomic E-state index is 12.4. The molecule has 1 aromatic carbocycles. The lowest BCUT2D eigenvalue weighted by molar-refractivity contribution is -0.0154. The normalized spacial score (nSPS) is 25.6. The van der Waals surface area contributed by atoms with Crippen molar-refractivity contribution in [2.24, 2.45) is 10.1 Å². The first-order valence-corrected chi connectivity index (χ1v) is 12.5. The van der Waals surface area contributed by atoms with Crippen molar-refractivity contribution in [1.29, 1.82) is 0 Å². The molecule has 0 aromatic heterocycles. The number of hydrogen-bond acceptors (Lipinski definition) is 6. The lowest BCUT2D eigenvalue weighted by Gasteiger charge is -2.37. The van der Waals surface area contributed by atoms with Crippen LogP contribution in [-0.2, 0) is 14.8 Å². The molecule has 1 aliphatic carbocycles. The highest BCUT2D eigenvalue weighted by Crippen LogP contribution is 2.45. The minimum Gasteiger partial charge on any atom is -0.495 e. The Morgan fingerprint density at radius 2 is 2.06 bits per heavy atom. The third kappa shape index (κ3) is 4.80. The van der Waals surface area contributed by atoms with E-state index in [0.29, 0.717) is 19.0 Å². The number of alkyl halides is 1. The van der Waals surface area contributed by atoms with Gasteiger partial charge in [0.2, 0.25) is 10.0 Å². The number of benzene rings is 1. The molecule has 1 unspecified atom stereocenters. The van der Waals surface area contributed by atoms with Crippen LogP contribution in [0.4, 0.5) is 4.39 Å². The van der Waals surface area contributed by atoms with Crippen LogP contribution >= 0.6 is 0 Å². The summed E-state index contributed by atoms with van der Waals surface area (Å²) in [4.78, 5) is 4.65. The van der Waals surface area contributed by atoms with Crippen LogP contribution in [0.25, 0.3) is 5.57 Å². The Balaban J connectivity index is 1.73. The number of rotatable bonds is 7. The van der Waals surface area contributed by atoms with Crippen molar-refractivity contribution in [2.75, 3.05) is 26.9 Å². The summed E-state index contributed by atoms with van der Waals surface area (Å²) in [6.45, 7) is 2.45. The minimum atomic E-state index is -3.98. The van der Waals surface area contributed by atoms with E-state index in [-0.39, 0.29) is 29.3 Å². The van der Waals surface area contributed by atoms with Gasteiger partial charge in [0.15, 0.2) is 0 Å². The number of primary sulfonamides is 1. The molecule has 2 aliphatic heterocycles. The number of halogens is 1. The molecule has 3 N–H and O–H groups in total. The van der Waals surface area contributed by atoms with Crippen molar-refractivity contribution in [1.82, 2.24) is 5.32 Å². The zero-order valence-corrected chi connectivity index (χ0v) is 19.3. The molecule has 0 amide bonds. The van der Waals surface area contributed by atoms with Gasteiger partial charge in [0.05, 0.1) is 25.5 Å². The van der Waals surface area contributed by atoms with E-state index in [1.54, 1.807) is 12.1 Å². The Hall–Kier alpha value is -2.07. The number of sulfonamides is 1. The van der Waals surface area contributed by atoms with E-state index in [1.165, 1.54) is 7.11 Å². The van der Waals surface area contributed by atoms with Crippen LogP contribution in [0.1, 0.15) is 49.7 Å². The molecule has 1 fully saturated rings. The standard InChI is InChI=1S/C23H30FN3O4S/c1-14-3-4-15-7-17(12-27-21(15)13-26-14)20-11-23(32(25,28)29)22(30-2)10-19(20)16-8-18(9-16)31-6-5-24/h4,10-12,14,16,18,26H,3,5-9,13H2,1-2H3,(H2,25,28,29). The SMILES string of the molecule is COc1cc(C2CC(OCCF)C2)c(C2=CN=C3CNC(C)CC=C3C2)cc1S(N)(=O)=O. The van der Waals surface area contributed by atoms with Crippen LogP contribution in [-0.4, -0.2) is 53.2 Å². The number of allylic oxidation sites excluding steroid dienone is 1. The number of hydrogen-bond donors (Lipinski definition) is 2. The van der Waals surface area contributed by atoms with Crippen LogP contribution < -0.4 is 15.2 Å². The highest BCUT2D eigenvalue weighted by atomic mass is 32.2. The number of nitrogens with zero attached hydrogens (tertiary/aromatic N) is 1. The maximum atomic E-state index is 12.4. The topological polar surface area (TPSA) is 103 Å². The summed E-state index contributed by atoms with van der Waals surface area (Å²) in [5.74, 6) is 0.390. The molecule has 0 spiro atoms. The third-order valence-electron chi connectivity index (χ3n) is 6.42. The smallest absolute Gasteiger partial charge is 0.241 e. The van der Waals surface area contributed by atoms with Crippen LogP contribution in [0, 0.1) is 0 Å². The summed E-state index contributed by atoms with van der Waals surface area (Å²) < 4.78 is 47.9. The zero-order chi connectivity index (χ0) is 22.9. The number of fused-ring (bicyclic) bond motifs is 1. The summed E-state index contributed by atoms with van der Waals surface area (Å²) in [5, 5.41) is 8.94. The first-order valence-electron chi connectivity index (χ1n) is 10.9.